The second kappa shape index (κ2) is 1.78. The fraction of sp³-hybridized carbons (Fsp3) is 1.00. The van der Waals surface area contributed by atoms with Gasteiger partial charge in [-0.25, -0.2) is 0 Å². The summed E-state index contributed by atoms with van der Waals surface area (Å²) in [5.41, 5.74) is 0.670. The number of hydrogen-bond donors (Lipinski definition) is 0. The zero-order valence-electron chi connectivity index (χ0n) is 7.35. The molecule has 0 saturated heterocycles. The Kier molecular flexibility index (Phi) is 1.19. The summed E-state index contributed by atoms with van der Waals surface area (Å²) in [5.74, 6) is 3.14. The van der Waals surface area contributed by atoms with Gasteiger partial charge in [0.1, 0.15) is 0 Å². The smallest absolute Gasteiger partial charge is 0.0297 e. The van der Waals surface area contributed by atoms with E-state index in [2.05, 4.69) is 20.8 Å². The Hall–Kier alpha value is 0. The van der Waals surface area contributed by atoms with Crippen molar-refractivity contribution in [1.29, 1.82) is 0 Å². The number of hydrogen-bond acceptors (Lipinski definition) is 0. The summed E-state index contributed by atoms with van der Waals surface area (Å²) in [6, 6.07) is 0. The molecular formula is C10H18. The molecule has 0 N–H and O–H groups in total. The van der Waals surface area contributed by atoms with Gasteiger partial charge in [0, 0.05) is 0 Å². The molecule has 3 atom stereocenters. The third-order valence-electron chi connectivity index (χ3n) is 4.41. The largest absolute Gasteiger partial charge is 0.0617 e. The van der Waals surface area contributed by atoms with Crippen LogP contribution in [0.25, 0.3) is 0 Å². The SMILES string of the molecule is C[C@@H]1[C@@H]2CC[C@H](C2)C1(C)C. The van der Waals surface area contributed by atoms with Gasteiger partial charge >= 0.3 is 0 Å². The Morgan fingerprint density at radius 2 is 1.90 bits per heavy atom. The van der Waals surface area contributed by atoms with Crippen molar-refractivity contribution in [3.05, 3.63) is 0 Å². The van der Waals surface area contributed by atoms with E-state index in [1.807, 2.05) is 0 Å². The quantitative estimate of drug-likeness (QED) is 0.482. The van der Waals surface area contributed by atoms with Crippen LogP contribution < -0.4 is 0 Å². The van der Waals surface area contributed by atoms with Crippen LogP contribution in [-0.4, -0.2) is 0 Å². The van der Waals surface area contributed by atoms with Crippen LogP contribution in [-0.2, 0) is 0 Å². The molecule has 2 aliphatic rings. The second-order valence-electron chi connectivity index (χ2n) is 4.88. The van der Waals surface area contributed by atoms with Crippen LogP contribution in [0, 0.1) is 23.2 Å². The van der Waals surface area contributed by atoms with Gasteiger partial charge < -0.3 is 0 Å². The molecule has 10 heavy (non-hydrogen) atoms. The Labute approximate surface area is 64.0 Å². The van der Waals surface area contributed by atoms with E-state index in [-0.39, 0.29) is 0 Å². The molecule has 2 saturated carbocycles. The summed E-state index contributed by atoms with van der Waals surface area (Å²) in [5, 5.41) is 0. The summed E-state index contributed by atoms with van der Waals surface area (Å²) in [6.07, 6.45) is 4.57. The van der Waals surface area contributed by atoms with E-state index in [9.17, 15) is 0 Å². The fourth-order valence-corrected chi connectivity index (χ4v) is 3.13. The van der Waals surface area contributed by atoms with Crippen molar-refractivity contribution in [3.8, 4) is 0 Å². The van der Waals surface area contributed by atoms with Crippen LogP contribution >= 0.6 is 0 Å². The van der Waals surface area contributed by atoms with Crippen molar-refractivity contribution in [3.63, 3.8) is 0 Å². The highest BCUT2D eigenvalue weighted by atomic mass is 14.5. The Morgan fingerprint density at radius 1 is 1.20 bits per heavy atom. The molecule has 58 valence electrons. The molecule has 2 fully saturated rings. The van der Waals surface area contributed by atoms with E-state index >= 15 is 0 Å². The van der Waals surface area contributed by atoms with Gasteiger partial charge in [-0.3, -0.25) is 0 Å². The third kappa shape index (κ3) is 0.627. The highest BCUT2D eigenvalue weighted by Gasteiger charge is 2.50. The minimum Gasteiger partial charge on any atom is -0.0617 e. The zero-order valence-corrected chi connectivity index (χ0v) is 7.35. The molecule has 2 aliphatic carbocycles. The standard InChI is InChI=1S/C10H18/c1-7-8-4-5-9(6-8)10(7,2)3/h7-9H,4-6H2,1-3H3/t7-,8-,9-/m1/s1. The lowest BCUT2D eigenvalue weighted by molar-refractivity contribution is 0.137. The minimum atomic E-state index is 0.670. The highest BCUT2D eigenvalue weighted by molar-refractivity contribution is 4.99. The number of fused-ring (bicyclic) bond motifs is 2. The second-order valence-corrected chi connectivity index (χ2v) is 4.88. The Balaban J connectivity index is 2.25. The van der Waals surface area contributed by atoms with E-state index < -0.39 is 0 Å². The van der Waals surface area contributed by atoms with Gasteiger partial charge in [-0.1, -0.05) is 20.8 Å². The molecule has 0 spiro atoms. The van der Waals surface area contributed by atoms with Crippen LogP contribution in [0.15, 0.2) is 0 Å². The normalized spacial score (nSPS) is 50.1. The van der Waals surface area contributed by atoms with Crippen LogP contribution in [0.4, 0.5) is 0 Å². The first-order valence-electron chi connectivity index (χ1n) is 4.62. The van der Waals surface area contributed by atoms with Gasteiger partial charge in [-0.15, -0.1) is 0 Å². The van der Waals surface area contributed by atoms with E-state index in [0.717, 1.165) is 17.8 Å². The summed E-state index contributed by atoms with van der Waals surface area (Å²) < 4.78 is 0. The van der Waals surface area contributed by atoms with Crippen molar-refractivity contribution in [2.45, 2.75) is 40.0 Å². The lowest BCUT2D eigenvalue weighted by Gasteiger charge is -2.35. The summed E-state index contributed by atoms with van der Waals surface area (Å²) in [6.45, 7) is 7.37. The maximum atomic E-state index is 2.46. The Bertz CT molecular complexity index is 142. The van der Waals surface area contributed by atoms with Crippen LogP contribution in [0.2, 0.25) is 0 Å². The van der Waals surface area contributed by atoms with Gasteiger partial charge in [0.25, 0.3) is 0 Å². The van der Waals surface area contributed by atoms with Crippen LogP contribution in [0.1, 0.15) is 40.0 Å². The van der Waals surface area contributed by atoms with Gasteiger partial charge in [0.15, 0.2) is 0 Å². The molecule has 0 nitrogen and oxygen atoms in total. The maximum Gasteiger partial charge on any atom is -0.0297 e. The molecule has 0 amide bonds. The predicted octanol–water partition coefficient (Wildman–Crippen LogP) is 3.08. The lowest BCUT2D eigenvalue weighted by atomic mass is 9.70. The van der Waals surface area contributed by atoms with E-state index in [0.29, 0.717) is 5.41 Å². The highest BCUT2D eigenvalue weighted by Crippen LogP contribution is 2.58. The fourth-order valence-electron chi connectivity index (χ4n) is 3.13. The molecule has 2 bridgehead atoms. The molecule has 0 heteroatoms. The first kappa shape index (κ1) is 6.69. The van der Waals surface area contributed by atoms with Gasteiger partial charge in [-0.05, 0) is 42.4 Å². The number of rotatable bonds is 0. The third-order valence-corrected chi connectivity index (χ3v) is 4.41. The van der Waals surface area contributed by atoms with E-state index in [1.54, 1.807) is 0 Å². The monoisotopic (exact) mass is 138 g/mol. The minimum absolute atomic E-state index is 0.670. The van der Waals surface area contributed by atoms with E-state index in [4.69, 9.17) is 0 Å². The molecular weight excluding hydrogens is 120 g/mol. The molecule has 0 aromatic rings. The zero-order chi connectivity index (χ0) is 7.35. The average molecular weight is 138 g/mol. The molecule has 0 aromatic heterocycles. The molecule has 0 aliphatic heterocycles. The summed E-state index contributed by atoms with van der Waals surface area (Å²) >= 11 is 0. The Morgan fingerprint density at radius 3 is 2.20 bits per heavy atom. The molecule has 0 heterocycles. The maximum absolute atomic E-state index is 2.46. The van der Waals surface area contributed by atoms with E-state index in [1.165, 1.54) is 19.3 Å². The van der Waals surface area contributed by atoms with Crippen LogP contribution in [0.3, 0.4) is 0 Å². The van der Waals surface area contributed by atoms with Crippen molar-refractivity contribution >= 4 is 0 Å². The lowest BCUT2D eigenvalue weighted by Crippen LogP contribution is -2.28. The molecule has 0 radical (unpaired) electrons. The molecule has 0 aromatic carbocycles. The van der Waals surface area contributed by atoms with Crippen molar-refractivity contribution < 1.29 is 0 Å². The van der Waals surface area contributed by atoms with Crippen LogP contribution in [0.5, 0.6) is 0 Å². The van der Waals surface area contributed by atoms with Crippen molar-refractivity contribution in [1.82, 2.24) is 0 Å². The average Bonchev–Trinajstić information content (AvgIpc) is 2.37. The topological polar surface area (TPSA) is 0 Å². The van der Waals surface area contributed by atoms with Gasteiger partial charge in [0.05, 0.1) is 0 Å². The first-order valence-corrected chi connectivity index (χ1v) is 4.62. The van der Waals surface area contributed by atoms with Gasteiger partial charge in [0.2, 0.25) is 0 Å². The van der Waals surface area contributed by atoms with Crippen molar-refractivity contribution in [2.24, 2.45) is 23.2 Å². The summed E-state index contributed by atoms with van der Waals surface area (Å²) in [4.78, 5) is 0. The molecule has 0 unspecified atom stereocenters. The first-order chi connectivity index (χ1) is 4.62. The molecule has 2 rings (SSSR count). The summed E-state index contributed by atoms with van der Waals surface area (Å²) in [7, 11) is 0. The van der Waals surface area contributed by atoms with Gasteiger partial charge in [-0.2, -0.15) is 0 Å². The predicted molar refractivity (Wildman–Crippen MR) is 43.8 cm³/mol. The van der Waals surface area contributed by atoms with Crippen molar-refractivity contribution in [2.75, 3.05) is 0 Å².